The normalized spacial score (nSPS) is 34.7. The van der Waals surface area contributed by atoms with Crippen LogP contribution < -0.4 is 0 Å². The standard InChI is InChI=1S/C10H12F2N2O3S2/c1-10(12)6(16)5(3-15)17-8(10)14-2-4(11)7(18)13-9(14)19/h2,5-6,8,15-16H,3H2,1H3,(H,13,18,19). The van der Waals surface area contributed by atoms with Gasteiger partial charge in [-0.15, -0.1) is 0 Å². The molecule has 0 aliphatic carbocycles. The monoisotopic (exact) mass is 310 g/mol. The lowest BCUT2D eigenvalue weighted by atomic mass is 9.98. The minimum atomic E-state index is -2.23. The number of hydrogen-bond acceptors (Lipinski definition) is 5. The summed E-state index contributed by atoms with van der Waals surface area (Å²) >= 11 is 9.60. The quantitative estimate of drug-likeness (QED) is 0.720. The molecule has 1 aliphatic heterocycles. The third-order valence-corrected chi connectivity index (χ3v) is 3.68. The highest BCUT2D eigenvalue weighted by molar-refractivity contribution is 7.72. The van der Waals surface area contributed by atoms with Crippen LogP contribution in [0.1, 0.15) is 13.2 Å². The number of halogens is 2. The lowest BCUT2D eigenvalue weighted by molar-refractivity contribution is -0.0605. The van der Waals surface area contributed by atoms with Crippen molar-refractivity contribution in [2.75, 3.05) is 6.61 Å². The number of aliphatic hydroxyl groups is 2. The number of nitrogens with zero attached hydrogens (tertiary/aromatic N) is 1. The van der Waals surface area contributed by atoms with Gasteiger partial charge in [0.05, 0.1) is 6.61 Å². The summed E-state index contributed by atoms with van der Waals surface area (Å²) in [6, 6.07) is 0. The molecule has 3 N–H and O–H groups in total. The van der Waals surface area contributed by atoms with Gasteiger partial charge in [-0.3, -0.25) is 4.57 Å². The number of nitrogens with one attached hydrogen (secondary N) is 1. The molecule has 5 nitrogen and oxygen atoms in total. The summed E-state index contributed by atoms with van der Waals surface area (Å²) in [5.74, 6) is -0.787. The van der Waals surface area contributed by atoms with E-state index in [0.29, 0.717) is 0 Å². The minimum Gasteiger partial charge on any atom is -0.394 e. The number of H-pyrrole nitrogens is 1. The maximum absolute atomic E-state index is 14.5. The van der Waals surface area contributed by atoms with Crippen molar-refractivity contribution in [1.82, 2.24) is 9.55 Å². The van der Waals surface area contributed by atoms with Gasteiger partial charge in [0.1, 0.15) is 16.8 Å². The van der Waals surface area contributed by atoms with Gasteiger partial charge in [0, 0.05) is 6.20 Å². The van der Waals surface area contributed by atoms with E-state index in [0.717, 1.165) is 17.7 Å². The van der Waals surface area contributed by atoms with E-state index in [1.54, 1.807) is 0 Å². The molecule has 1 fully saturated rings. The van der Waals surface area contributed by atoms with Crippen molar-refractivity contribution < 1.29 is 23.7 Å². The molecule has 19 heavy (non-hydrogen) atoms. The van der Waals surface area contributed by atoms with Crippen molar-refractivity contribution in [1.29, 1.82) is 0 Å². The second-order valence-corrected chi connectivity index (χ2v) is 5.24. The van der Waals surface area contributed by atoms with Crippen LogP contribution in [0, 0.1) is 15.2 Å². The van der Waals surface area contributed by atoms with Crippen molar-refractivity contribution >= 4 is 24.4 Å². The number of aromatic nitrogens is 2. The molecule has 2 rings (SSSR count). The molecule has 4 unspecified atom stereocenters. The average molecular weight is 310 g/mol. The molecule has 0 aromatic carbocycles. The zero-order chi connectivity index (χ0) is 14.4. The Morgan fingerprint density at radius 2 is 2.21 bits per heavy atom. The molecule has 2 heterocycles. The van der Waals surface area contributed by atoms with Crippen LogP contribution in [0.3, 0.4) is 0 Å². The number of ether oxygens (including phenoxy) is 1. The highest BCUT2D eigenvalue weighted by Crippen LogP contribution is 2.41. The van der Waals surface area contributed by atoms with Gasteiger partial charge in [-0.25, -0.2) is 8.78 Å². The smallest absolute Gasteiger partial charge is 0.181 e. The molecule has 9 heteroatoms. The van der Waals surface area contributed by atoms with Gasteiger partial charge in [-0.05, 0) is 19.1 Å². The van der Waals surface area contributed by atoms with Crippen LogP contribution in [-0.2, 0) is 4.74 Å². The molecule has 0 saturated carbocycles. The molecule has 0 spiro atoms. The SMILES string of the molecule is CC1(F)C(O)C(CO)OC1n1cc(F)c(=S)[nH]c1=S. The Bertz CT molecular complexity index is 601. The van der Waals surface area contributed by atoms with Gasteiger partial charge >= 0.3 is 0 Å². The van der Waals surface area contributed by atoms with Crippen LogP contribution in [0.5, 0.6) is 0 Å². The second-order valence-electron chi connectivity index (χ2n) is 4.45. The number of aromatic amines is 1. The summed E-state index contributed by atoms with van der Waals surface area (Å²) in [6.07, 6.45) is -3.09. The summed E-state index contributed by atoms with van der Waals surface area (Å²) < 4.78 is 33.9. The van der Waals surface area contributed by atoms with E-state index in [9.17, 15) is 13.9 Å². The summed E-state index contributed by atoms with van der Waals surface area (Å²) in [5.41, 5.74) is -2.23. The van der Waals surface area contributed by atoms with Crippen LogP contribution in [0.25, 0.3) is 0 Å². The first-order valence-corrected chi connectivity index (χ1v) is 6.25. The van der Waals surface area contributed by atoms with E-state index >= 15 is 0 Å². The van der Waals surface area contributed by atoms with E-state index < -0.39 is 36.5 Å². The summed E-state index contributed by atoms with van der Waals surface area (Å²) in [4.78, 5) is 2.40. The van der Waals surface area contributed by atoms with Crippen molar-refractivity contribution in [2.24, 2.45) is 0 Å². The number of aliphatic hydroxyl groups excluding tert-OH is 2. The molecule has 4 atom stereocenters. The molecular formula is C10H12F2N2O3S2. The molecule has 0 amide bonds. The van der Waals surface area contributed by atoms with Crippen LogP contribution >= 0.6 is 24.4 Å². The van der Waals surface area contributed by atoms with Crippen molar-refractivity contribution in [2.45, 2.75) is 31.0 Å². The molecule has 0 radical (unpaired) electrons. The van der Waals surface area contributed by atoms with Gasteiger partial charge in [-0.1, -0.05) is 12.2 Å². The Balaban J connectivity index is 2.51. The predicted molar refractivity (Wildman–Crippen MR) is 66.9 cm³/mol. The summed E-state index contributed by atoms with van der Waals surface area (Å²) in [7, 11) is 0. The maximum Gasteiger partial charge on any atom is 0.181 e. The zero-order valence-corrected chi connectivity index (χ0v) is 11.5. The molecule has 1 aliphatic rings. The Kier molecular flexibility index (Phi) is 3.85. The van der Waals surface area contributed by atoms with Crippen molar-refractivity contribution in [3.63, 3.8) is 0 Å². The Labute approximate surface area is 117 Å². The average Bonchev–Trinajstić information content (AvgIpc) is 2.56. The fraction of sp³-hybridized carbons (Fsp3) is 0.600. The molecule has 1 aromatic rings. The van der Waals surface area contributed by atoms with E-state index in [1.165, 1.54) is 0 Å². The van der Waals surface area contributed by atoms with Gasteiger partial charge in [0.15, 0.2) is 22.5 Å². The van der Waals surface area contributed by atoms with Crippen LogP contribution in [0.15, 0.2) is 6.20 Å². The first-order chi connectivity index (χ1) is 8.78. The van der Waals surface area contributed by atoms with Crippen molar-refractivity contribution in [3.05, 3.63) is 21.4 Å². The summed E-state index contributed by atoms with van der Waals surface area (Å²) in [6.45, 7) is 0.537. The van der Waals surface area contributed by atoms with Crippen LogP contribution in [-0.4, -0.2) is 44.2 Å². The number of hydrogen-bond donors (Lipinski definition) is 3. The maximum atomic E-state index is 14.5. The predicted octanol–water partition coefficient (Wildman–Crippen LogP) is 1.39. The number of alkyl halides is 1. The number of rotatable bonds is 2. The van der Waals surface area contributed by atoms with E-state index in [4.69, 9.17) is 22.1 Å². The topological polar surface area (TPSA) is 70.4 Å². The van der Waals surface area contributed by atoms with Gasteiger partial charge < -0.3 is 19.9 Å². The third kappa shape index (κ3) is 2.36. The highest BCUT2D eigenvalue weighted by Gasteiger charge is 2.54. The third-order valence-electron chi connectivity index (χ3n) is 3.07. The molecule has 1 aromatic heterocycles. The van der Waals surface area contributed by atoms with Crippen LogP contribution in [0.4, 0.5) is 8.78 Å². The van der Waals surface area contributed by atoms with Gasteiger partial charge in [0.2, 0.25) is 0 Å². The fourth-order valence-corrected chi connectivity index (χ4v) is 2.46. The first-order valence-electron chi connectivity index (χ1n) is 5.43. The molecule has 106 valence electrons. The lowest BCUT2D eigenvalue weighted by Gasteiger charge is -2.25. The van der Waals surface area contributed by atoms with Crippen LogP contribution in [0.2, 0.25) is 0 Å². The fourth-order valence-electron chi connectivity index (χ4n) is 2.00. The summed E-state index contributed by atoms with van der Waals surface area (Å²) in [5, 5.41) is 18.7. The van der Waals surface area contributed by atoms with Gasteiger partial charge in [-0.2, -0.15) is 0 Å². The highest BCUT2D eigenvalue weighted by atomic mass is 32.1. The Morgan fingerprint density at radius 1 is 1.58 bits per heavy atom. The van der Waals surface area contributed by atoms with Gasteiger partial charge in [0.25, 0.3) is 0 Å². The Hall–Kier alpha value is -0.740. The zero-order valence-electron chi connectivity index (χ0n) is 9.84. The largest absolute Gasteiger partial charge is 0.394 e. The second kappa shape index (κ2) is 4.98. The van der Waals surface area contributed by atoms with E-state index in [1.807, 2.05) is 0 Å². The van der Waals surface area contributed by atoms with Crippen molar-refractivity contribution in [3.8, 4) is 0 Å². The molecule has 1 saturated heterocycles. The first kappa shape index (κ1) is 14.7. The van der Waals surface area contributed by atoms with E-state index in [-0.39, 0.29) is 9.41 Å². The Morgan fingerprint density at radius 3 is 2.74 bits per heavy atom. The molecule has 0 bridgehead atoms. The lowest BCUT2D eigenvalue weighted by Crippen LogP contribution is -2.40. The minimum absolute atomic E-state index is 0.0361. The molecular weight excluding hydrogens is 298 g/mol. The van der Waals surface area contributed by atoms with E-state index in [2.05, 4.69) is 17.2 Å².